The van der Waals surface area contributed by atoms with Crippen molar-refractivity contribution < 1.29 is 19.1 Å². The molecule has 3 rings (SSSR count). The normalized spacial score (nSPS) is 14.2. The number of hydrogen-bond donors (Lipinski definition) is 1. The molecule has 31 heavy (non-hydrogen) atoms. The van der Waals surface area contributed by atoms with E-state index in [1.54, 1.807) is 6.07 Å². The van der Waals surface area contributed by atoms with Crippen LogP contribution in [0.25, 0.3) is 0 Å². The van der Waals surface area contributed by atoms with Gasteiger partial charge in [-0.05, 0) is 43.5 Å². The summed E-state index contributed by atoms with van der Waals surface area (Å²) in [7, 11) is 0. The third-order valence-corrected chi connectivity index (χ3v) is 5.50. The quantitative estimate of drug-likeness (QED) is 0.561. The average molecular weight is 445 g/mol. The Morgan fingerprint density at radius 2 is 1.65 bits per heavy atom. The minimum absolute atomic E-state index is 0.0163. The topological polar surface area (TPSA) is 67.9 Å². The first-order valence-corrected chi connectivity index (χ1v) is 11.1. The van der Waals surface area contributed by atoms with E-state index in [2.05, 4.69) is 5.32 Å². The Morgan fingerprint density at radius 3 is 2.39 bits per heavy atom. The lowest BCUT2D eigenvalue weighted by atomic mass is 10.0. The fourth-order valence-electron chi connectivity index (χ4n) is 3.48. The average Bonchev–Trinajstić information content (AvgIpc) is 2.79. The molecule has 0 spiro atoms. The predicted molar refractivity (Wildman–Crippen MR) is 120 cm³/mol. The van der Waals surface area contributed by atoms with Gasteiger partial charge < -0.3 is 19.7 Å². The van der Waals surface area contributed by atoms with Crippen molar-refractivity contribution in [2.24, 2.45) is 0 Å². The molecule has 1 aliphatic rings. The SMILES string of the molecule is O=C(CCOc1ccccc1)NC1CCN(C(=O)CCCOc2ccccc2Cl)CC1. The van der Waals surface area contributed by atoms with Crippen LogP contribution in [0.3, 0.4) is 0 Å². The third kappa shape index (κ3) is 7.79. The zero-order chi connectivity index (χ0) is 21.9. The number of likely N-dealkylation sites (tertiary alicyclic amines) is 1. The van der Waals surface area contributed by atoms with Crippen LogP contribution in [0.4, 0.5) is 0 Å². The molecule has 1 heterocycles. The number of carbonyl (C=O) groups excluding carboxylic acids is 2. The van der Waals surface area contributed by atoms with E-state index in [0.717, 1.165) is 18.6 Å². The van der Waals surface area contributed by atoms with Crippen molar-refractivity contribution in [2.75, 3.05) is 26.3 Å². The lowest BCUT2D eigenvalue weighted by Crippen LogP contribution is -2.46. The molecule has 1 fully saturated rings. The number of piperidine rings is 1. The highest BCUT2D eigenvalue weighted by atomic mass is 35.5. The van der Waals surface area contributed by atoms with Crippen molar-refractivity contribution in [3.8, 4) is 11.5 Å². The highest BCUT2D eigenvalue weighted by Gasteiger charge is 2.23. The van der Waals surface area contributed by atoms with Crippen LogP contribution in [0.2, 0.25) is 5.02 Å². The molecule has 1 N–H and O–H groups in total. The number of carbonyl (C=O) groups is 2. The van der Waals surface area contributed by atoms with Crippen LogP contribution in [-0.2, 0) is 9.59 Å². The van der Waals surface area contributed by atoms with E-state index in [1.807, 2.05) is 53.4 Å². The highest BCUT2D eigenvalue weighted by molar-refractivity contribution is 6.32. The first kappa shape index (κ1) is 22.9. The maximum absolute atomic E-state index is 12.4. The molecule has 0 atom stereocenters. The standard InChI is InChI=1S/C24H29ClN2O4/c25-21-9-4-5-10-22(21)31-17-6-11-24(29)27-15-12-19(13-16-27)26-23(28)14-18-30-20-7-2-1-3-8-20/h1-5,7-10,19H,6,11-18H2,(H,26,28). The van der Waals surface area contributed by atoms with Crippen LogP contribution in [0.1, 0.15) is 32.1 Å². The lowest BCUT2D eigenvalue weighted by molar-refractivity contribution is -0.132. The summed E-state index contributed by atoms with van der Waals surface area (Å²) in [6.45, 7) is 2.13. The second-order valence-electron chi connectivity index (χ2n) is 7.52. The number of rotatable bonds is 10. The fraction of sp³-hybridized carbons (Fsp3) is 0.417. The number of hydrogen-bond acceptors (Lipinski definition) is 4. The summed E-state index contributed by atoms with van der Waals surface area (Å²) in [5, 5.41) is 3.62. The monoisotopic (exact) mass is 444 g/mol. The Hall–Kier alpha value is -2.73. The molecular weight excluding hydrogens is 416 g/mol. The Bertz CT molecular complexity index is 838. The highest BCUT2D eigenvalue weighted by Crippen LogP contribution is 2.23. The molecule has 0 aliphatic carbocycles. The van der Waals surface area contributed by atoms with Gasteiger partial charge in [-0.3, -0.25) is 9.59 Å². The molecule has 0 aromatic heterocycles. The summed E-state index contributed by atoms with van der Waals surface area (Å²) in [4.78, 5) is 26.4. The molecule has 1 aliphatic heterocycles. The van der Waals surface area contributed by atoms with Gasteiger partial charge in [0.15, 0.2) is 0 Å². The van der Waals surface area contributed by atoms with Gasteiger partial charge in [0.1, 0.15) is 11.5 Å². The van der Waals surface area contributed by atoms with E-state index in [9.17, 15) is 9.59 Å². The molecule has 0 saturated carbocycles. The Balaban J connectivity index is 1.26. The molecule has 2 amide bonds. The van der Waals surface area contributed by atoms with Crippen LogP contribution in [0.15, 0.2) is 54.6 Å². The molecule has 0 bridgehead atoms. The second kappa shape index (κ2) is 12.2. The zero-order valence-electron chi connectivity index (χ0n) is 17.6. The summed E-state index contributed by atoms with van der Waals surface area (Å²) in [6, 6.07) is 16.9. The second-order valence-corrected chi connectivity index (χ2v) is 7.92. The first-order chi connectivity index (χ1) is 15.1. The van der Waals surface area contributed by atoms with E-state index < -0.39 is 0 Å². The van der Waals surface area contributed by atoms with Gasteiger partial charge >= 0.3 is 0 Å². The Morgan fingerprint density at radius 1 is 0.935 bits per heavy atom. The molecule has 6 nitrogen and oxygen atoms in total. The van der Waals surface area contributed by atoms with Gasteiger partial charge in [0.2, 0.25) is 11.8 Å². The number of amides is 2. The number of ether oxygens (including phenoxy) is 2. The van der Waals surface area contributed by atoms with Crippen LogP contribution in [0.5, 0.6) is 11.5 Å². The van der Waals surface area contributed by atoms with Gasteiger partial charge in [0.05, 0.1) is 24.7 Å². The van der Waals surface area contributed by atoms with Crippen molar-refractivity contribution in [2.45, 2.75) is 38.1 Å². The van der Waals surface area contributed by atoms with Gasteiger partial charge in [-0.1, -0.05) is 41.9 Å². The molecule has 2 aromatic carbocycles. The van der Waals surface area contributed by atoms with Crippen LogP contribution >= 0.6 is 11.6 Å². The molecule has 1 saturated heterocycles. The van der Waals surface area contributed by atoms with Crippen molar-refractivity contribution in [3.05, 3.63) is 59.6 Å². The van der Waals surface area contributed by atoms with Gasteiger partial charge in [-0.2, -0.15) is 0 Å². The summed E-state index contributed by atoms with van der Waals surface area (Å²) in [5.74, 6) is 1.52. The minimum Gasteiger partial charge on any atom is -0.493 e. The van der Waals surface area contributed by atoms with Gasteiger partial charge in [-0.25, -0.2) is 0 Å². The largest absolute Gasteiger partial charge is 0.493 e. The molecule has 0 unspecified atom stereocenters. The van der Waals surface area contributed by atoms with Crippen LogP contribution in [-0.4, -0.2) is 49.1 Å². The lowest BCUT2D eigenvalue weighted by Gasteiger charge is -2.32. The number of para-hydroxylation sites is 2. The molecule has 0 radical (unpaired) electrons. The molecular formula is C24H29ClN2O4. The predicted octanol–water partition coefficient (Wildman–Crippen LogP) is 4.08. The summed E-state index contributed by atoms with van der Waals surface area (Å²) in [5.41, 5.74) is 0. The summed E-state index contributed by atoms with van der Waals surface area (Å²) >= 11 is 6.06. The fourth-order valence-corrected chi connectivity index (χ4v) is 3.67. The van der Waals surface area contributed by atoms with Crippen molar-refractivity contribution >= 4 is 23.4 Å². The van der Waals surface area contributed by atoms with Gasteiger partial charge in [-0.15, -0.1) is 0 Å². The molecule has 2 aromatic rings. The van der Waals surface area contributed by atoms with E-state index in [0.29, 0.717) is 56.3 Å². The maximum atomic E-state index is 12.4. The van der Waals surface area contributed by atoms with Crippen LogP contribution < -0.4 is 14.8 Å². The van der Waals surface area contributed by atoms with Crippen molar-refractivity contribution in [1.29, 1.82) is 0 Å². The van der Waals surface area contributed by atoms with Crippen molar-refractivity contribution in [3.63, 3.8) is 0 Å². The smallest absolute Gasteiger partial charge is 0.223 e. The zero-order valence-corrected chi connectivity index (χ0v) is 18.4. The number of benzene rings is 2. The maximum Gasteiger partial charge on any atom is 0.223 e. The Kier molecular flexibility index (Phi) is 9.03. The molecule has 7 heteroatoms. The first-order valence-electron chi connectivity index (χ1n) is 10.7. The van der Waals surface area contributed by atoms with Gasteiger partial charge in [0.25, 0.3) is 0 Å². The van der Waals surface area contributed by atoms with E-state index >= 15 is 0 Å². The third-order valence-electron chi connectivity index (χ3n) is 5.18. The molecule has 166 valence electrons. The number of nitrogens with zero attached hydrogens (tertiary/aromatic N) is 1. The number of nitrogens with one attached hydrogen (secondary N) is 1. The summed E-state index contributed by atoms with van der Waals surface area (Å²) < 4.78 is 11.2. The Labute approximate surface area is 188 Å². The van der Waals surface area contributed by atoms with Crippen molar-refractivity contribution in [1.82, 2.24) is 10.2 Å². The minimum atomic E-state index is -0.0163. The van der Waals surface area contributed by atoms with Gasteiger partial charge in [0, 0.05) is 25.6 Å². The number of halogens is 1. The summed E-state index contributed by atoms with van der Waals surface area (Å²) in [6.07, 6.45) is 2.94. The van der Waals surface area contributed by atoms with E-state index in [-0.39, 0.29) is 17.9 Å². The van der Waals surface area contributed by atoms with Crippen LogP contribution in [0, 0.1) is 0 Å². The van der Waals surface area contributed by atoms with E-state index in [4.69, 9.17) is 21.1 Å². The van der Waals surface area contributed by atoms with E-state index in [1.165, 1.54) is 0 Å².